The van der Waals surface area contributed by atoms with Crippen molar-refractivity contribution in [2.75, 3.05) is 6.54 Å². The molecule has 1 aliphatic carbocycles. The van der Waals surface area contributed by atoms with Crippen LogP contribution in [0.2, 0.25) is 0 Å². The van der Waals surface area contributed by atoms with Crippen LogP contribution >= 0.6 is 0 Å². The summed E-state index contributed by atoms with van der Waals surface area (Å²) in [7, 11) is 0. The quantitative estimate of drug-likeness (QED) is 0.516. The fraction of sp³-hybridized carbons (Fsp3) is 1.00. The monoisotopic (exact) mass is 125 g/mol. The minimum atomic E-state index is 0.414. The number of nitrogens with one attached hydrogen (secondary N) is 1. The average Bonchev–Trinajstić information content (AvgIpc) is 2.34. The predicted molar refractivity (Wildman–Crippen MR) is 38.3 cm³/mol. The lowest BCUT2D eigenvalue weighted by atomic mass is 9.87. The zero-order valence-corrected chi connectivity index (χ0v) is 6.49. The maximum atomic E-state index is 3.54. The molecule has 0 aromatic heterocycles. The first-order chi connectivity index (χ1) is 4.06. The topological polar surface area (TPSA) is 12.0 Å². The van der Waals surface area contributed by atoms with Crippen LogP contribution in [0.4, 0.5) is 0 Å². The fourth-order valence-corrected chi connectivity index (χ4v) is 2.10. The first-order valence-electron chi connectivity index (χ1n) is 3.81. The molecule has 1 saturated carbocycles. The van der Waals surface area contributed by atoms with Gasteiger partial charge < -0.3 is 5.32 Å². The van der Waals surface area contributed by atoms with Crippen LogP contribution in [0.15, 0.2) is 0 Å². The van der Waals surface area contributed by atoms with Crippen molar-refractivity contribution in [1.82, 2.24) is 5.32 Å². The molecule has 2 aliphatic rings. The summed E-state index contributed by atoms with van der Waals surface area (Å²) in [5, 5.41) is 3.54. The van der Waals surface area contributed by atoms with Gasteiger partial charge in [0.05, 0.1) is 0 Å². The molecule has 0 aromatic carbocycles. The van der Waals surface area contributed by atoms with Gasteiger partial charge in [-0.05, 0) is 38.1 Å². The van der Waals surface area contributed by atoms with Gasteiger partial charge in [-0.2, -0.15) is 0 Å². The van der Waals surface area contributed by atoms with Crippen molar-refractivity contribution in [1.29, 1.82) is 0 Å². The fourth-order valence-electron chi connectivity index (χ4n) is 2.10. The Morgan fingerprint density at radius 1 is 1.33 bits per heavy atom. The summed E-state index contributed by atoms with van der Waals surface area (Å²) in [4.78, 5) is 0. The molecule has 0 amide bonds. The van der Waals surface area contributed by atoms with E-state index in [4.69, 9.17) is 0 Å². The normalized spacial score (nSPS) is 53.0. The highest BCUT2D eigenvalue weighted by Gasteiger charge is 2.63. The summed E-state index contributed by atoms with van der Waals surface area (Å²) in [5.74, 6) is 0.993. The third kappa shape index (κ3) is 0.493. The Kier molecular flexibility index (Phi) is 0.760. The molecule has 9 heavy (non-hydrogen) atoms. The number of hydrogen-bond acceptors (Lipinski definition) is 1. The lowest BCUT2D eigenvalue weighted by Crippen LogP contribution is -2.41. The van der Waals surface area contributed by atoms with Crippen LogP contribution in [0, 0.1) is 11.3 Å². The van der Waals surface area contributed by atoms with E-state index in [9.17, 15) is 0 Å². The standard InChI is InChI=1S/C8H15N/c1-7(2)8(3)4-6(8)5-9-7/h6,9H,4-5H2,1-3H3. The predicted octanol–water partition coefficient (Wildman–Crippen LogP) is 1.39. The van der Waals surface area contributed by atoms with E-state index in [0.29, 0.717) is 11.0 Å². The summed E-state index contributed by atoms with van der Waals surface area (Å²) < 4.78 is 0. The van der Waals surface area contributed by atoms with Gasteiger partial charge in [-0.3, -0.25) is 0 Å². The smallest absolute Gasteiger partial charge is 0.0182 e. The molecule has 52 valence electrons. The summed E-state index contributed by atoms with van der Waals surface area (Å²) in [5.41, 5.74) is 1.06. The van der Waals surface area contributed by atoms with E-state index in [0.717, 1.165) is 5.92 Å². The van der Waals surface area contributed by atoms with Gasteiger partial charge in [0.25, 0.3) is 0 Å². The Balaban J connectivity index is 2.28. The maximum absolute atomic E-state index is 3.54. The molecular weight excluding hydrogens is 110 g/mol. The zero-order valence-electron chi connectivity index (χ0n) is 6.49. The van der Waals surface area contributed by atoms with Crippen LogP contribution in [-0.2, 0) is 0 Å². The molecule has 1 saturated heterocycles. The first-order valence-corrected chi connectivity index (χ1v) is 3.81. The van der Waals surface area contributed by atoms with Crippen molar-refractivity contribution >= 4 is 0 Å². The number of piperidine rings is 1. The second-order valence-electron chi connectivity index (χ2n) is 4.32. The van der Waals surface area contributed by atoms with Gasteiger partial charge in [0.2, 0.25) is 0 Å². The maximum Gasteiger partial charge on any atom is 0.0182 e. The molecule has 1 heterocycles. The van der Waals surface area contributed by atoms with Gasteiger partial charge in [-0.1, -0.05) is 6.92 Å². The second kappa shape index (κ2) is 1.20. The van der Waals surface area contributed by atoms with Crippen molar-refractivity contribution in [2.45, 2.75) is 32.7 Å². The Hall–Kier alpha value is -0.0400. The molecule has 2 rings (SSSR count). The van der Waals surface area contributed by atoms with Gasteiger partial charge in [0.1, 0.15) is 0 Å². The number of rotatable bonds is 0. The van der Waals surface area contributed by atoms with E-state index in [1.54, 1.807) is 0 Å². The molecule has 1 nitrogen and oxygen atoms in total. The molecule has 0 aromatic rings. The van der Waals surface area contributed by atoms with E-state index in [1.165, 1.54) is 13.0 Å². The molecule has 0 radical (unpaired) electrons. The summed E-state index contributed by atoms with van der Waals surface area (Å²) in [6, 6.07) is 0. The van der Waals surface area contributed by atoms with Crippen LogP contribution in [-0.4, -0.2) is 12.1 Å². The Bertz CT molecular complexity index is 146. The number of fused-ring (bicyclic) bond motifs is 1. The van der Waals surface area contributed by atoms with Crippen molar-refractivity contribution in [3.63, 3.8) is 0 Å². The molecule has 1 heteroatoms. The first kappa shape index (κ1) is 5.72. The van der Waals surface area contributed by atoms with Crippen molar-refractivity contribution < 1.29 is 0 Å². The minimum Gasteiger partial charge on any atom is -0.311 e. The van der Waals surface area contributed by atoms with Crippen LogP contribution in [0.5, 0.6) is 0 Å². The third-order valence-corrected chi connectivity index (χ3v) is 3.63. The minimum absolute atomic E-state index is 0.414. The zero-order chi connectivity index (χ0) is 6.70. The van der Waals surface area contributed by atoms with Gasteiger partial charge in [0.15, 0.2) is 0 Å². The lowest BCUT2D eigenvalue weighted by molar-refractivity contribution is 0.299. The summed E-state index contributed by atoms with van der Waals surface area (Å²) >= 11 is 0. The molecule has 1 N–H and O–H groups in total. The van der Waals surface area contributed by atoms with E-state index >= 15 is 0 Å². The number of hydrogen-bond donors (Lipinski definition) is 1. The van der Waals surface area contributed by atoms with Gasteiger partial charge in [-0.15, -0.1) is 0 Å². The lowest BCUT2D eigenvalue weighted by Gasteiger charge is -2.28. The highest BCUT2D eigenvalue weighted by atomic mass is 15.1. The third-order valence-electron chi connectivity index (χ3n) is 3.63. The Labute approximate surface area is 56.8 Å². The molecule has 2 unspecified atom stereocenters. The molecule has 0 bridgehead atoms. The van der Waals surface area contributed by atoms with Gasteiger partial charge in [0, 0.05) is 5.54 Å². The molecule has 1 aliphatic heterocycles. The summed E-state index contributed by atoms with van der Waals surface area (Å²) in [6.45, 7) is 8.29. The average molecular weight is 125 g/mol. The van der Waals surface area contributed by atoms with Crippen LogP contribution in [0.3, 0.4) is 0 Å². The van der Waals surface area contributed by atoms with Crippen molar-refractivity contribution in [2.24, 2.45) is 11.3 Å². The molecular formula is C8H15N. The molecule has 0 spiro atoms. The van der Waals surface area contributed by atoms with Crippen LogP contribution in [0.25, 0.3) is 0 Å². The summed E-state index contributed by atoms with van der Waals surface area (Å²) in [6.07, 6.45) is 1.45. The molecule has 2 fully saturated rings. The van der Waals surface area contributed by atoms with Crippen LogP contribution in [0.1, 0.15) is 27.2 Å². The SMILES string of the molecule is CC1(C)NCC2CC21C. The highest BCUT2D eigenvalue weighted by Crippen LogP contribution is 2.62. The van der Waals surface area contributed by atoms with Crippen molar-refractivity contribution in [3.8, 4) is 0 Å². The highest BCUT2D eigenvalue weighted by molar-refractivity contribution is 5.17. The van der Waals surface area contributed by atoms with Gasteiger partial charge >= 0.3 is 0 Å². The van der Waals surface area contributed by atoms with E-state index in [2.05, 4.69) is 26.1 Å². The van der Waals surface area contributed by atoms with E-state index in [-0.39, 0.29) is 0 Å². The Morgan fingerprint density at radius 2 is 2.00 bits per heavy atom. The van der Waals surface area contributed by atoms with E-state index < -0.39 is 0 Å². The largest absolute Gasteiger partial charge is 0.311 e. The van der Waals surface area contributed by atoms with Crippen LogP contribution < -0.4 is 5.32 Å². The van der Waals surface area contributed by atoms with Crippen molar-refractivity contribution in [3.05, 3.63) is 0 Å². The molecule has 2 atom stereocenters. The second-order valence-corrected chi connectivity index (χ2v) is 4.32. The van der Waals surface area contributed by atoms with E-state index in [1.807, 2.05) is 0 Å². The van der Waals surface area contributed by atoms with Gasteiger partial charge in [-0.25, -0.2) is 0 Å². The Morgan fingerprint density at radius 3 is 2.11 bits per heavy atom.